The van der Waals surface area contributed by atoms with Crippen LogP contribution in [0.15, 0.2) is 0 Å². The standard InChI is InChI=1S/C16H25N3O3/c1-10(2)19-15(21)18(13-5-6-22-9-13)14(20)16(19)7-11-3-4-12(8-16)17-11/h10-13,17H,3-9H2,1-2H3. The summed E-state index contributed by atoms with van der Waals surface area (Å²) in [4.78, 5) is 29.7. The molecule has 0 radical (unpaired) electrons. The van der Waals surface area contributed by atoms with Gasteiger partial charge in [-0.05, 0) is 46.0 Å². The third kappa shape index (κ3) is 1.86. The van der Waals surface area contributed by atoms with E-state index in [1.807, 2.05) is 18.7 Å². The first kappa shape index (κ1) is 14.5. The predicted octanol–water partition coefficient (Wildman–Crippen LogP) is 1.10. The molecule has 3 amide bonds. The molecule has 22 heavy (non-hydrogen) atoms. The van der Waals surface area contributed by atoms with Crippen LogP contribution in [0.4, 0.5) is 4.79 Å². The molecule has 0 aromatic heterocycles. The Kier molecular flexibility index (Phi) is 3.24. The van der Waals surface area contributed by atoms with Gasteiger partial charge in [-0.2, -0.15) is 0 Å². The van der Waals surface area contributed by atoms with E-state index < -0.39 is 5.54 Å². The summed E-state index contributed by atoms with van der Waals surface area (Å²) in [5, 5.41) is 3.59. The summed E-state index contributed by atoms with van der Waals surface area (Å²) in [5.41, 5.74) is -0.620. The third-order valence-electron chi connectivity index (χ3n) is 5.78. The van der Waals surface area contributed by atoms with Gasteiger partial charge in [-0.3, -0.25) is 9.69 Å². The van der Waals surface area contributed by atoms with Crippen molar-refractivity contribution >= 4 is 11.9 Å². The maximum atomic E-state index is 13.3. The molecule has 6 nitrogen and oxygen atoms in total. The number of carbonyl (C=O) groups is 2. The van der Waals surface area contributed by atoms with Gasteiger partial charge in [-0.1, -0.05) is 0 Å². The maximum absolute atomic E-state index is 13.3. The highest BCUT2D eigenvalue weighted by atomic mass is 16.5. The van der Waals surface area contributed by atoms with Gasteiger partial charge in [0.2, 0.25) is 0 Å². The highest BCUT2D eigenvalue weighted by Crippen LogP contribution is 2.45. The number of hydrogen-bond acceptors (Lipinski definition) is 4. The molecule has 122 valence electrons. The van der Waals surface area contributed by atoms with E-state index in [-0.39, 0.29) is 24.0 Å². The molecule has 4 heterocycles. The molecule has 0 aromatic carbocycles. The SMILES string of the molecule is CC(C)N1C(=O)N(C2CCOC2)C(=O)C12CC1CCC(C2)N1. The van der Waals surface area contributed by atoms with E-state index in [0.717, 1.165) is 32.1 Å². The van der Waals surface area contributed by atoms with E-state index >= 15 is 0 Å². The largest absolute Gasteiger partial charge is 0.379 e. The van der Waals surface area contributed by atoms with Gasteiger partial charge in [0.15, 0.2) is 0 Å². The van der Waals surface area contributed by atoms with Gasteiger partial charge in [0.25, 0.3) is 5.91 Å². The highest BCUT2D eigenvalue weighted by molar-refractivity contribution is 6.07. The molecule has 6 heteroatoms. The van der Waals surface area contributed by atoms with Crippen molar-refractivity contribution in [3.05, 3.63) is 0 Å². The van der Waals surface area contributed by atoms with Crippen LogP contribution in [-0.2, 0) is 9.53 Å². The second kappa shape index (κ2) is 4.93. The van der Waals surface area contributed by atoms with Crippen LogP contribution >= 0.6 is 0 Å². The molecule has 2 bridgehead atoms. The minimum Gasteiger partial charge on any atom is -0.379 e. The summed E-state index contributed by atoms with van der Waals surface area (Å²) < 4.78 is 5.42. The van der Waals surface area contributed by atoms with Gasteiger partial charge < -0.3 is 15.0 Å². The number of piperidine rings is 1. The minimum atomic E-state index is -0.620. The third-order valence-corrected chi connectivity index (χ3v) is 5.78. The van der Waals surface area contributed by atoms with Gasteiger partial charge in [0.05, 0.1) is 12.6 Å². The fourth-order valence-corrected chi connectivity index (χ4v) is 4.97. The summed E-state index contributed by atoms with van der Waals surface area (Å²) in [6.45, 7) is 5.17. The summed E-state index contributed by atoms with van der Waals surface area (Å²) in [6, 6.07) is 0.610. The molecule has 4 fully saturated rings. The number of amides is 3. The van der Waals surface area contributed by atoms with Crippen molar-refractivity contribution in [2.45, 2.75) is 75.7 Å². The first-order valence-electron chi connectivity index (χ1n) is 8.54. The monoisotopic (exact) mass is 307 g/mol. The zero-order chi connectivity index (χ0) is 15.5. The van der Waals surface area contributed by atoms with E-state index in [1.54, 1.807) is 0 Å². The molecule has 0 aliphatic carbocycles. The molecule has 3 unspecified atom stereocenters. The van der Waals surface area contributed by atoms with Crippen molar-refractivity contribution in [2.24, 2.45) is 0 Å². The van der Waals surface area contributed by atoms with Crippen molar-refractivity contribution in [3.63, 3.8) is 0 Å². The first-order chi connectivity index (χ1) is 10.5. The summed E-state index contributed by atoms with van der Waals surface area (Å²) >= 11 is 0. The Hall–Kier alpha value is -1.14. The van der Waals surface area contributed by atoms with Crippen molar-refractivity contribution < 1.29 is 14.3 Å². The van der Waals surface area contributed by atoms with E-state index in [1.165, 1.54) is 4.90 Å². The van der Waals surface area contributed by atoms with E-state index in [9.17, 15) is 9.59 Å². The minimum absolute atomic E-state index is 0.0279. The molecular weight excluding hydrogens is 282 g/mol. The Morgan fingerprint density at radius 1 is 1.18 bits per heavy atom. The Balaban J connectivity index is 1.72. The molecule has 4 rings (SSSR count). The van der Waals surface area contributed by atoms with Gasteiger partial charge in [0.1, 0.15) is 5.54 Å². The molecule has 1 N–H and O–H groups in total. The number of rotatable bonds is 2. The van der Waals surface area contributed by atoms with Crippen LogP contribution in [0.1, 0.15) is 46.0 Å². The molecule has 0 saturated carbocycles. The van der Waals surface area contributed by atoms with Gasteiger partial charge in [0, 0.05) is 24.7 Å². The lowest BCUT2D eigenvalue weighted by atomic mass is 9.81. The molecule has 4 aliphatic heterocycles. The van der Waals surface area contributed by atoms with Crippen molar-refractivity contribution in [1.29, 1.82) is 0 Å². The number of nitrogens with one attached hydrogen (secondary N) is 1. The van der Waals surface area contributed by atoms with Gasteiger partial charge >= 0.3 is 6.03 Å². The molecule has 0 aromatic rings. The van der Waals surface area contributed by atoms with E-state index in [2.05, 4.69) is 5.32 Å². The topological polar surface area (TPSA) is 61.9 Å². The van der Waals surface area contributed by atoms with Crippen LogP contribution < -0.4 is 5.32 Å². The predicted molar refractivity (Wildman–Crippen MR) is 80.4 cm³/mol. The van der Waals surface area contributed by atoms with Crippen LogP contribution in [0, 0.1) is 0 Å². The van der Waals surface area contributed by atoms with Crippen LogP contribution in [0.2, 0.25) is 0 Å². The lowest BCUT2D eigenvalue weighted by molar-refractivity contribution is -0.137. The summed E-state index contributed by atoms with van der Waals surface area (Å²) in [6.07, 6.45) is 4.52. The fraction of sp³-hybridized carbons (Fsp3) is 0.875. The Morgan fingerprint density at radius 3 is 2.41 bits per heavy atom. The average molecular weight is 307 g/mol. The number of ether oxygens (including phenoxy) is 1. The normalized spacial score (nSPS) is 41.5. The molecule has 1 spiro atoms. The fourth-order valence-electron chi connectivity index (χ4n) is 4.97. The number of urea groups is 1. The number of nitrogens with zero attached hydrogens (tertiary/aromatic N) is 2. The lowest BCUT2D eigenvalue weighted by Gasteiger charge is -2.43. The second-order valence-electron chi connectivity index (χ2n) is 7.52. The van der Waals surface area contributed by atoms with Crippen LogP contribution in [-0.4, -0.2) is 64.7 Å². The average Bonchev–Trinajstić information content (AvgIpc) is 3.12. The quantitative estimate of drug-likeness (QED) is 0.776. The zero-order valence-corrected chi connectivity index (χ0v) is 13.4. The zero-order valence-electron chi connectivity index (χ0n) is 13.4. The van der Waals surface area contributed by atoms with E-state index in [0.29, 0.717) is 25.3 Å². The molecule has 3 atom stereocenters. The molecule has 4 aliphatic rings. The Morgan fingerprint density at radius 2 is 1.86 bits per heavy atom. The van der Waals surface area contributed by atoms with Crippen LogP contribution in [0.3, 0.4) is 0 Å². The number of imide groups is 1. The van der Waals surface area contributed by atoms with Gasteiger partial charge in [-0.25, -0.2) is 4.79 Å². The van der Waals surface area contributed by atoms with Gasteiger partial charge in [-0.15, -0.1) is 0 Å². The number of fused-ring (bicyclic) bond motifs is 2. The molecule has 4 saturated heterocycles. The smallest absolute Gasteiger partial charge is 0.328 e. The maximum Gasteiger partial charge on any atom is 0.328 e. The number of hydrogen-bond donors (Lipinski definition) is 1. The van der Waals surface area contributed by atoms with Crippen LogP contribution in [0.25, 0.3) is 0 Å². The highest BCUT2D eigenvalue weighted by Gasteiger charge is 2.63. The lowest BCUT2D eigenvalue weighted by Crippen LogP contribution is -2.60. The first-order valence-corrected chi connectivity index (χ1v) is 8.54. The Labute approximate surface area is 131 Å². The molecular formula is C16H25N3O3. The summed E-state index contributed by atoms with van der Waals surface area (Å²) in [5.74, 6) is 0.0279. The number of carbonyl (C=O) groups excluding carboxylic acids is 2. The Bertz CT molecular complexity index is 489. The van der Waals surface area contributed by atoms with Crippen molar-refractivity contribution in [1.82, 2.24) is 15.1 Å². The summed E-state index contributed by atoms with van der Waals surface area (Å²) in [7, 11) is 0. The van der Waals surface area contributed by atoms with Crippen LogP contribution in [0.5, 0.6) is 0 Å². The van der Waals surface area contributed by atoms with Crippen molar-refractivity contribution in [3.8, 4) is 0 Å². The van der Waals surface area contributed by atoms with E-state index in [4.69, 9.17) is 4.74 Å². The second-order valence-corrected chi connectivity index (χ2v) is 7.52. The van der Waals surface area contributed by atoms with Crippen molar-refractivity contribution in [2.75, 3.05) is 13.2 Å².